The van der Waals surface area contributed by atoms with Crippen LogP contribution in [0.2, 0.25) is 0 Å². The molecule has 2 rings (SSSR count). The molecular weight excluding hydrogens is 316 g/mol. The Labute approximate surface area is 149 Å². The minimum atomic E-state index is -0.421. The molecule has 2 aromatic rings. The van der Waals surface area contributed by atoms with Crippen molar-refractivity contribution >= 4 is 6.03 Å². The number of hydrogen-bond donors (Lipinski definition) is 2. The van der Waals surface area contributed by atoms with Crippen LogP contribution in [0.4, 0.5) is 4.79 Å². The van der Waals surface area contributed by atoms with Crippen molar-refractivity contribution in [2.24, 2.45) is 0 Å². The largest absolute Gasteiger partial charge is 0.497 e. The molecule has 0 radical (unpaired) electrons. The summed E-state index contributed by atoms with van der Waals surface area (Å²) in [6.07, 6.45) is 0. The predicted octanol–water partition coefficient (Wildman–Crippen LogP) is 3.44. The summed E-state index contributed by atoms with van der Waals surface area (Å²) in [5, 5.41) is 12.8. The van der Waals surface area contributed by atoms with Gasteiger partial charge < -0.3 is 20.1 Å². The SMILES string of the molecule is COc1ccc(C(CO)N(C)C(=O)NC(C)c2ccccc2C)cc1. The predicted molar refractivity (Wildman–Crippen MR) is 98.7 cm³/mol. The summed E-state index contributed by atoms with van der Waals surface area (Å²) in [5.74, 6) is 0.737. The van der Waals surface area contributed by atoms with Gasteiger partial charge in [-0.3, -0.25) is 0 Å². The van der Waals surface area contributed by atoms with Crippen LogP contribution in [0.1, 0.15) is 35.7 Å². The van der Waals surface area contributed by atoms with E-state index in [1.807, 2.05) is 62.4 Å². The third-order valence-corrected chi connectivity index (χ3v) is 4.46. The molecule has 2 atom stereocenters. The van der Waals surface area contributed by atoms with Crippen LogP contribution in [0.15, 0.2) is 48.5 Å². The number of carbonyl (C=O) groups is 1. The summed E-state index contributed by atoms with van der Waals surface area (Å²) in [5.41, 5.74) is 3.06. The van der Waals surface area contributed by atoms with Crippen LogP contribution in [0, 0.1) is 6.92 Å². The zero-order valence-electron chi connectivity index (χ0n) is 15.2. The number of hydrogen-bond acceptors (Lipinski definition) is 3. The molecule has 2 unspecified atom stereocenters. The van der Waals surface area contributed by atoms with Crippen LogP contribution in [-0.2, 0) is 0 Å². The summed E-state index contributed by atoms with van der Waals surface area (Å²) in [6, 6.07) is 14.5. The third-order valence-electron chi connectivity index (χ3n) is 4.46. The molecule has 5 nitrogen and oxygen atoms in total. The number of nitrogens with one attached hydrogen (secondary N) is 1. The van der Waals surface area contributed by atoms with Gasteiger partial charge in [-0.05, 0) is 42.7 Å². The first-order valence-corrected chi connectivity index (χ1v) is 8.31. The second-order valence-electron chi connectivity index (χ2n) is 6.11. The van der Waals surface area contributed by atoms with E-state index in [0.29, 0.717) is 0 Å². The molecule has 0 spiro atoms. The van der Waals surface area contributed by atoms with Crippen molar-refractivity contribution in [3.63, 3.8) is 0 Å². The number of likely N-dealkylation sites (N-methyl/N-ethyl adjacent to an activating group) is 1. The molecule has 0 heterocycles. The molecule has 0 saturated heterocycles. The van der Waals surface area contributed by atoms with Crippen LogP contribution >= 0.6 is 0 Å². The fourth-order valence-corrected chi connectivity index (χ4v) is 2.86. The minimum absolute atomic E-state index is 0.119. The molecule has 5 heteroatoms. The molecule has 0 aromatic heterocycles. The number of rotatable bonds is 6. The highest BCUT2D eigenvalue weighted by Crippen LogP contribution is 2.23. The van der Waals surface area contributed by atoms with Gasteiger partial charge in [0.15, 0.2) is 0 Å². The Morgan fingerprint density at radius 2 is 1.84 bits per heavy atom. The van der Waals surface area contributed by atoms with E-state index in [0.717, 1.165) is 22.4 Å². The smallest absolute Gasteiger partial charge is 0.318 e. The van der Waals surface area contributed by atoms with Gasteiger partial charge >= 0.3 is 6.03 Å². The summed E-state index contributed by atoms with van der Waals surface area (Å²) in [6.45, 7) is 3.82. The topological polar surface area (TPSA) is 61.8 Å². The number of methoxy groups -OCH3 is 1. The molecule has 0 aliphatic carbocycles. The first-order chi connectivity index (χ1) is 12.0. The molecule has 0 saturated carbocycles. The van der Waals surface area contributed by atoms with Crippen molar-refractivity contribution in [3.8, 4) is 5.75 Å². The molecule has 2 N–H and O–H groups in total. The lowest BCUT2D eigenvalue weighted by atomic mass is 10.0. The third kappa shape index (κ3) is 4.51. The summed E-state index contributed by atoms with van der Waals surface area (Å²) >= 11 is 0. The molecule has 0 aliphatic heterocycles. The van der Waals surface area contributed by atoms with Crippen LogP contribution in [0.3, 0.4) is 0 Å². The van der Waals surface area contributed by atoms with Gasteiger partial charge in [0.05, 0.1) is 25.8 Å². The van der Waals surface area contributed by atoms with Gasteiger partial charge in [-0.2, -0.15) is 0 Å². The molecule has 0 aliphatic rings. The summed E-state index contributed by atoms with van der Waals surface area (Å²) in [4.78, 5) is 14.1. The van der Waals surface area contributed by atoms with Gasteiger partial charge in [-0.1, -0.05) is 36.4 Å². The fourth-order valence-electron chi connectivity index (χ4n) is 2.86. The number of amides is 2. The maximum Gasteiger partial charge on any atom is 0.318 e. The van der Waals surface area contributed by atoms with E-state index in [4.69, 9.17) is 4.74 Å². The van der Waals surface area contributed by atoms with Gasteiger partial charge in [0, 0.05) is 7.05 Å². The van der Waals surface area contributed by atoms with Crippen molar-refractivity contribution < 1.29 is 14.6 Å². The zero-order valence-corrected chi connectivity index (χ0v) is 15.2. The summed E-state index contributed by atoms with van der Waals surface area (Å²) in [7, 11) is 3.29. The Morgan fingerprint density at radius 1 is 1.20 bits per heavy atom. The first-order valence-electron chi connectivity index (χ1n) is 8.31. The van der Waals surface area contributed by atoms with Crippen molar-refractivity contribution in [3.05, 3.63) is 65.2 Å². The Hall–Kier alpha value is -2.53. The molecule has 2 amide bonds. The van der Waals surface area contributed by atoms with Crippen molar-refractivity contribution in [1.82, 2.24) is 10.2 Å². The van der Waals surface area contributed by atoms with E-state index in [9.17, 15) is 9.90 Å². The number of aliphatic hydroxyl groups is 1. The minimum Gasteiger partial charge on any atom is -0.497 e. The highest BCUT2D eigenvalue weighted by molar-refractivity contribution is 5.75. The Morgan fingerprint density at radius 3 is 2.40 bits per heavy atom. The second-order valence-corrected chi connectivity index (χ2v) is 6.11. The van der Waals surface area contributed by atoms with Crippen LogP contribution in [-0.4, -0.2) is 36.8 Å². The lowest BCUT2D eigenvalue weighted by Crippen LogP contribution is -2.41. The van der Waals surface area contributed by atoms with E-state index in [-0.39, 0.29) is 18.7 Å². The first kappa shape index (κ1) is 18.8. The Balaban J connectivity index is 2.09. The maximum atomic E-state index is 12.6. The molecular formula is C20H26N2O3. The van der Waals surface area contributed by atoms with Gasteiger partial charge in [0.25, 0.3) is 0 Å². The molecule has 0 fully saturated rings. The average molecular weight is 342 g/mol. The van der Waals surface area contributed by atoms with Crippen LogP contribution < -0.4 is 10.1 Å². The monoisotopic (exact) mass is 342 g/mol. The Bertz CT molecular complexity index is 700. The number of ether oxygens (including phenoxy) is 1. The number of benzene rings is 2. The quantitative estimate of drug-likeness (QED) is 0.845. The zero-order chi connectivity index (χ0) is 18.4. The molecule has 25 heavy (non-hydrogen) atoms. The summed E-state index contributed by atoms with van der Waals surface area (Å²) < 4.78 is 5.15. The van der Waals surface area contributed by atoms with Crippen molar-refractivity contribution in [1.29, 1.82) is 0 Å². The number of urea groups is 1. The molecule has 134 valence electrons. The van der Waals surface area contributed by atoms with E-state index in [2.05, 4.69) is 5.32 Å². The normalized spacial score (nSPS) is 13.0. The highest BCUT2D eigenvalue weighted by Gasteiger charge is 2.22. The standard InChI is InChI=1S/C20H26N2O3/c1-14-7-5-6-8-18(14)15(2)21-20(24)22(3)19(13-23)16-9-11-17(25-4)12-10-16/h5-12,15,19,23H,13H2,1-4H3,(H,21,24). The number of aliphatic hydroxyl groups excluding tert-OH is 1. The second kappa shape index (κ2) is 8.53. The lowest BCUT2D eigenvalue weighted by molar-refractivity contribution is 0.148. The van der Waals surface area contributed by atoms with Crippen molar-refractivity contribution in [2.75, 3.05) is 20.8 Å². The average Bonchev–Trinajstić information content (AvgIpc) is 2.63. The van der Waals surface area contributed by atoms with Gasteiger partial charge in [0.2, 0.25) is 0 Å². The van der Waals surface area contributed by atoms with E-state index in [1.165, 1.54) is 4.90 Å². The molecule has 0 bridgehead atoms. The lowest BCUT2D eigenvalue weighted by Gasteiger charge is -2.29. The van der Waals surface area contributed by atoms with Crippen LogP contribution in [0.5, 0.6) is 5.75 Å². The maximum absolute atomic E-state index is 12.6. The van der Waals surface area contributed by atoms with Gasteiger partial charge in [0.1, 0.15) is 5.75 Å². The molecule has 2 aromatic carbocycles. The van der Waals surface area contributed by atoms with E-state index < -0.39 is 6.04 Å². The fraction of sp³-hybridized carbons (Fsp3) is 0.350. The van der Waals surface area contributed by atoms with E-state index in [1.54, 1.807) is 14.2 Å². The van der Waals surface area contributed by atoms with Crippen molar-refractivity contribution in [2.45, 2.75) is 25.9 Å². The van der Waals surface area contributed by atoms with Gasteiger partial charge in [-0.25, -0.2) is 4.79 Å². The van der Waals surface area contributed by atoms with E-state index >= 15 is 0 Å². The number of nitrogens with zero attached hydrogens (tertiary/aromatic N) is 1. The number of aryl methyl sites for hydroxylation is 1. The van der Waals surface area contributed by atoms with Crippen LogP contribution in [0.25, 0.3) is 0 Å². The van der Waals surface area contributed by atoms with Gasteiger partial charge in [-0.15, -0.1) is 0 Å². The Kier molecular flexibility index (Phi) is 6.42. The number of carbonyl (C=O) groups excluding carboxylic acids is 1. The highest BCUT2D eigenvalue weighted by atomic mass is 16.5.